The molecule has 1 saturated carbocycles. The highest BCUT2D eigenvalue weighted by Gasteiger charge is 2.29. The molecule has 1 aliphatic carbocycles. The van der Waals surface area contributed by atoms with E-state index in [0.29, 0.717) is 11.3 Å². The zero-order chi connectivity index (χ0) is 16.2. The highest BCUT2D eigenvalue weighted by atomic mass is 16.2. The summed E-state index contributed by atoms with van der Waals surface area (Å²) in [6.45, 7) is 1.92. The molecule has 1 unspecified atom stereocenters. The number of pyridine rings is 1. The van der Waals surface area contributed by atoms with Crippen LogP contribution in [0.15, 0.2) is 48.8 Å². The molecule has 1 heterocycles. The van der Waals surface area contributed by atoms with Gasteiger partial charge in [-0.15, -0.1) is 0 Å². The highest BCUT2D eigenvalue weighted by molar-refractivity contribution is 5.98. The van der Waals surface area contributed by atoms with E-state index in [-0.39, 0.29) is 23.8 Å². The van der Waals surface area contributed by atoms with Gasteiger partial charge in [-0.05, 0) is 55.7 Å². The van der Waals surface area contributed by atoms with Crippen molar-refractivity contribution in [2.45, 2.75) is 25.8 Å². The van der Waals surface area contributed by atoms with Crippen LogP contribution >= 0.6 is 0 Å². The summed E-state index contributed by atoms with van der Waals surface area (Å²) in [5.74, 6) is 0.00346. The number of nitrogens with zero attached hydrogens (tertiary/aromatic N) is 1. The number of carbonyl (C=O) groups is 2. The molecular formula is C18H19N3O2. The maximum atomic E-state index is 12.4. The Bertz CT molecular complexity index is 711. The molecule has 5 heteroatoms. The Hall–Kier alpha value is -2.69. The summed E-state index contributed by atoms with van der Waals surface area (Å²) in [6.07, 6.45) is 5.31. The molecule has 2 N–H and O–H groups in total. The lowest BCUT2D eigenvalue weighted by molar-refractivity contribution is -0.117. The first-order chi connectivity index (χ1) is 11.1. The van der Waals surface area contributed by atoms with Crippen LogP contribution in [0.2, 0.25) is 0 Å². The first-order valence-corrected chi connectivity index (χ1v) is 7.75. The highest BCUT2D eigenvalue weighted by Crippen LogP contribution is 2.30. The molecule has 1 aromatic heterocycles. The van der Waals surface area contributed by atoms with E-state index in [4.69, 9.17) is 0 Å². The van der Waals surface area contributed by atoms with Crippen molar-refractivity contribution >= 4 is 17.5 Å². The van der Waals surface area contributed by atoms with E-state index >= 15 is 0 Å². The molecule has 1 atom stereocenters. The summed E-state index contributed by atoms with van der Waals surface area (Å²) in [5.41, 5.74) is 2.18. The van der Waals surface area contributed by atoms with Crippen molar-refractivity contribution in [2.24, 2.45) is 5.92 Å². The summed E-state index contributed by atoms with van der Waals surface area (Å²) in [5, 5.41) is 5.81. The number of hydrogen-bond acceptors (Lipinski definition) is 3. The van der Waals surface area contributed by atoms with Gasteiger partial charge in [0.2, 0.25) is 5.91 Å². The van der Waals surface area contributed by atoms with E-state index in [1.165, 1.54) is 0 Å². The predicted molar refractivity (Wildman–Crippen MR) is 87.9 cm³/mol. The lowest BCUT2D eigenvalue weighted by atomic mass is 10.1. The third-order valence-electron chi connectivity index (χ3n) is 3.89. The Morgan fingerprint density at radius 3 is 2.61 bits per heavy atom. The number of rotatable bonds is 5. The summed E-state index contributed by atoms with van der Waals surface area (Å²) >= 11 is 0. The molecule has 118 valence electrons. The standard InChI is InChI=1S/C18H19N3O2/c1-12(13-7-9-19-10-8-13)20-18(23)15-3-2-4-16(11-15)21-17(22)14-5-6-14/h2-4,7-12,14H,5-6H2,1H3,(H,20,23)(H,21,22). The summed E-state index contributed by atoms with van der Waals surface area (Å²) < 4.78 is 0. The molecule has 0 radical (unpaired) electrons. The van der Waals surface area contributed by atoms with Gasteiger partial charge in [0.1, 0.15) is 0 Å². The van der Waals surface area contributed by atoms with Crippen molar-refractivity contribution in [1.29, 1.82) is 0 Å². The third kappa shape index (κ3) is 3.94. The number of nitrogens with one attached hydrogen (secondary N) is 2. The Morgan fingerprint density at radius 1 is 1.17 bits per heavy atom. The van der Waals surface area contributed by atoms with Gasteiger partial charge in [-0.2, -0.15) is 0 Å². The topological polar surface area (TPSA) is 71.1 Å². The quantitative estimate of drug-likeness (QED) is 0.892. The molecule has 2 aromatic rings. The van der Waals surface area contributed by atoms with Gasteiger partial charge in [-0.1, -0.05) is 6.07 Å². The number of carbonyl (C=O) groups excluding carboxylic acids is 2. The third-order valence-corrected chi connectivity index (χ3v) is 3.89. The van der Waals surface area contributed by atoms with Gasteiger partial charge in [0.15, 0.2) is 0 Å². The van der Waals surface area contributed by atoms with Crippen LogP contribution in [-0.2, 0) is 4.79 Å². The molecule has 0 aliphatic heterocycles. The fourth-order valence-corrected chi connectivity index (χ4v) is 2.34. The lowest BCUT2D eigenvalue weighted by Gasteiger charge is -2.14. The summed E-state index contributed by atoms with van der Waals surface area (Å²) in [7, 11) is 0. The Morgan fingerprint density at radius 2 is 1.91 bits per heavy atom. The largest absolute Gasteiger partial charge is 0.346 e. The van der Waals surface area contributed by atoms with Crippen LogP contribution in [0.5, 0.6) is 0 Å². The van der Waals surface area contributed by atoms with Crippen molar-refractivity contribution < 1.29 is 9.59 Å². The second kappa shape index (κ2) is 6.60. The minimum atomic E-state index is -0.170. The predicted octanol–water partition coefficient (Wildman–Crippen LogP) is 2.92. The first-order valence-electron chi connectivity index (χ1n) is 7.75. The van der Waals surface area contributed by atoms with Gasteiger partial charge in [0, 0.05) is 29.6 Å². The molecular weight excluding hydrogens is 290 g/mol. The van der Waals surface area contributed by atoms with E-state index in [2.05, 4.69) is 15.6 Å². The second-order valence-corrected chi connectivity index (χ2v) is 5.82. The maximum absolute atomic E-state index is 12.4. The van der Waals surface area contributed by atoms with Gasteiger partial charge in [-0.3, -0.25) is 14.6 Å². The minimum Gasteiger partial charge on any atom is -0.346 e. The van der Waals surface area contributed by atoms with Crippen molar-refractivity contribution in [3.8, 4) is 0 Å². The van der Waals surface area contributed by atoms with Crippen LogP contribution in [0.4, 0.5) is 5.69 Å². The second-order valence-electron chi connectivity index (χ2n) is 5.82. The fourth-order valence-electron chi connectivity index (χ4n) is 2.34. The van der Waals surface area contributed by atoms with Crippen molar-refractivity contribution in [1.82, 2.24) is 10.3 Å². The van der Waals surface area contributed by atoms with Crippen LogP contribution in [0, 0.1) is 5.92 Å². The number of anilines is 1. The molecule has 1 aliphatic rings. The van der Waals surface area contributed by atoms with E-state index in [1.54, 1.807) is 36.7 Å². The molecule has 0 spiro atoms. The average molecular weight is 309 g/mol. The number of amides is 2. The molecule has 23 heavy (non-hydrogen) atoms. The number of aromatic nitrogens is 1. The van der Waals surface area contributed by atoms with Crippen LogP contribution in [0.3, 0.4) is 0 Å². The van der Waals surface area contributed by atoms with Gasteiger partial charge in [-0.25, -0.2) is 0 Å². The molecule has 0 bridgehead atoms. The van der Waals surface area contributed by atoms with Crippen molar-refractivity contribution in [3.05, 3.63) is 59.9 Å². The molecule has 3 rings (SSSR count). The fraction of sp³-hybridized carbons (Fsp3) is 0.278. The van der Waals surface area contributed by atoms with E-state index < -0.39 is 0 Å². The van der Waals surface area contributed by atoms with Crippen molar-refractivity contribution in [3.63, 3.8) is 0 Å². The number of benzene rings is 1. The minimum absolute atomic E-state index is 0.0349. The van der Waals surface area contributed by atoms with Gasteiger partial charge >= 0.3 is 0 Å². The SMILES string of the molecule is CC(NC(=O)c1cccc(NC(=O)C2CC2)c1)c1ccncc1. The van der Waals surface area contributed by atoms with Crippen molar-refractivity contribution in [2.75, 3.05) is 5.32 Å². The molecule has 5 nitrogen and oxygen atoms in total. The maximum Gasteiger partial charge on any atom is 0.251 e. The Labute approximate surface area is 135 Å². The zero-order valence-electron chi connectivity index (χ0n) is 13.0. The Kier molecular flexibility index (Phi) is 4.37. The van der Waals surface area contributed by atoms with Crippen LogP contribution in [0.1, 0.15) is 41.7 Å². The lowest BCUT2D eigenvalue weighted by Crippen LogP contribution is -2.26. The van der Waals surface area contributed by atoms with Gasteiger partial charge < -0.3 is 10.6 Å². The van der Waals surface area contributed by atoms with E-state index in [1.807, 2.05) is 19.1 Å². The van der Waals surface area contributed by atoms with Crippen LogP contribution in [-0.4, -0.2) is 16.8 Å². The Balaban J connectivity index is 1.66. The first kappa shape index (κ1) is 15.2. The molecule has 1 aromatic carbocycles. The smallest absolute Gasteiger partial charge is 0.251 e. The normalized spacial score (nSPS) is 14.8. The molecule has 1 fully saturated rings. The van der Waals surface area contributed by atoms with E-state index in [9.17, 15) is 9.59 Å². The summed E-state index contributed by atoms with van der Waals surface area (Å²) in [4.78, 5) is 28.1. The van der Waals surface area contributed by atoms with Gasteiger partial charge in [0.25, 0.3) is 5.91 Å². The van der Waals surface area contributed by atoms with E-state index in [0.717, 1.165) is 18.4 Å². The van der Waals surface area contributed by atoms with Gasteiger partial charge in [0.05, 0.1) is 6.04 Å². The average Bonchev–Trinajstić information content (AvgIpc) is 3.41. The monoisotopic (exact) mass is 309 g/mol. The zero-order valence-corrected chi connectivity index (χ0v) is 13.0. The van der Waals surface area contributed by atoms with Crippen LogP contribution < -0.4 is 10.6 Å². The molecule has 2 amide bonds. The van der Waals surface area contributed by atoms with Crippen LogP contribution in [0.25, 0.3) is 0 Å². The molecule has 0 saturated heterocycles. The summed E-state index contributed by atoms with van der Waals surface area (Å²) in [6, 6.07) is 10.6. The number of hydrogen-bond donors (Lipinski definition) is 2.